The number of rotatable bonds is 12. The van der Waals surface area contributed by atoms with Crippen LogP contribution in [0.25, 0.3) is 0 Å². The summed E-state index contributed by atoms with van der Waals surface area (Å²) in [5.74, 6) is -3.30. The van der Waals surface area contributed by atoms with Gasteiger partial charge in [0.15, 0.2) is 6.29 Å². The normalized spacial score (nSPS) is 27.5. The van der Waals surface area contributed by atoms with Crippen LogP contribution in [0.1, 0.15) is 33.6 Å². The number of carbonyl (C=O) groups excluding carboxylic acids is 4. The van der Waals surface area contributed by atoms with Crippen LogP contribution in [0.5, 0.6) is 0 Å². The summed E-state index contributed by atoms with van der Waals surface area (Å²) in [6.07, 6.45) is -6.05. The van der Waals surface area contributed by atoms with Gasteiger partial charge in [-0.1, -0.05) is 0 Å². The molecule has 1 heterocycles. The first-order valence-electron chi connectivity index (χ1n) is 10.2. The lowest BCUT2D eigenvalue weighted by molar-refractivity contribution is -0.266. The lowest BCUT2D eigenvalue weighted by atomic mass is 9.96. The topological polar surface area (TPSA) is 221 Å². The van der Waals surface area contributed by atoms with Gasteiger partial charge in [-0.3, -0.25) is 24.0 Å². The number of hydrogen-bond donors (Lipinski definition) is 7. The SMILES string of the molecule is CC(=O)N[C@@H]1[C@@H](OC(C)C(=O)N[C@@H](C)C(=O)N[C@H]([C]=O)CCC(=O)O)[C@H](O)[C@@H](CO)O[C@@H]1O. The summed E-state index contributed by atoms with van der Waals surface area (Å²) in [6, 6.07) is -3.57. The Labute approximate surface area is 189 Å². The first-order valence-corrected chi connectivity index (χ1v) is 10.2. The molecule has 0 aromatic carbocycles. The first-order chi connectivity index (χ1) is 15.4. The summed E-state index contributed by atoms with van der Waals surface area (Å²) < 4.78 is 10.6. The molecular weight excluding hydrogens is 446 g/mol. The third kappa shape index (κ3) is 8.66. The molecule has 0 saturated carbocycles. The van der Waals surface area contributed by atoms with Crippen LogP contribution in [-0.4, -0.2) is 106 Å². The molecule has 14 nitrogen and oxygen atoms in total. The molecule has 0 aliphatic carbocycles. The van der Waals surface area contributed by atoms with Crippen LogP contribution in [0, 0.1) is 0 Å². The number of nitrogens with one attached hydrogen (secondary N) is 3. The lowest BCUT2D eigenvalue weighted by Crippen LogP contribution is -2.65. The van der Waals surface area contributed by atoms with Crippen molar-refractivity contribution >= 4 is 30.0 Å². The highest BCUT2D eigenvalue weighted by molar-refractivity contribution is 5.90. The van der Waals surface area contributed by atoms with Gasteiger partial charge in [0.1, 0.15) is 36.5 Å². The first kappa shape index (κ1) is 28.4. The van der Waals surface area contributed by atoms with Crippen molar-refractivity contribution in [3.63, 3.8) is 0 Å². The van der Waals surface area contributed by atoms with Gasteiger partial charge in [-0.15, -0.1) is 0 Å². The maximum Gasteiger partial charge on any atom is 0.303 e. The van der Waals surface area contributed by atoms with Crippen LogP contribution in [-0.2, 0) is 33.4 Å². The van der Waals surface area contributed by atoms with E-state index in [1.165, 1.54) is 20.1 Å². The van der Waals surface area contributed by atoms with Crippen molar-refractivity contribution < 1.29 is 53.9 Å². The Morgan fingerprint density at radius 1 is 1.12 bits per heavy atom. The Hall–Kier alpha value is -2.65. The molecule has 1 aliphatic heterocycles. The molecule has 7 N–H and O–H groups in total. The second-order valence-corrected chi connectivity index (χ2v) is 7.55. The molecule has 0 bridgehead atoms. The van der Waals surface area contributed by atoms with E-state index in [2.05, 4.69) is 16.0 Å². The summed E-state index contributed by atoms with van der Waals surface area (Å²) in [5.41, 5.74) is 0. The second-order valence-electron chi connectivity index (χ2n) is 7.55. The van der Waals surface area contributed by atoms with Crippen LogP contribution >= 0.6 is 0 Å². The number of aliphatic hydroxyl groups is 3. The molecule has 0 aromatic rings. The highest BCUT2D eigenvalue weighted by atomic mass is 16.6. The highest BCUT2D eigenvalue weighted by Gasteiger charge is 2.46. The standard InChI is InChI=1S/C19H30N3O11/c1-8(17(29)22-11(6-23)4-5-13(26)27)20-18(30)9(2)32-16-14(21-10(3)25)19(31)33-12(7-24)15(16)28/h8-9,11-12,14-16,19,24,28,31H,4-5,7H2,1-3H3,(H,20,30)(H,21,25)(H,22,29)(H,26,27)/t8-,9?,11-,12+,14+,15+,16+,19-/m0/s1. The fourth-order valence-corrected chi connectivity index (χ4v) is 3.05. The number of ether oxygens (including phenoxy) is 2. The fraction of sp³-hybridized carbons (Fsp3) is 0.737. The van der Waals surface area contributed by atoms with Crippen LogP contribution in [0.4, 0.5) is 0 Å². The van der Waals surface area contributed by atoms with Crippen LogP contribution in [0.15, 0.2) is 0 Å². The van der Waals surface area contributed by atoms with Crippen molar-refractivity contribution in [2.75, 3.05) is 6.61 Å². The van der Waals surface area contributed by atoms with E-state index in [1.54, 1.807) is 0 Å². The Balaban J connectivity index is 2.77. The molecule has 1 unspecified atom stereocenters. The quantitative estimate of drug-likeness (QED) is 0.145. The Bertz CT molecular complexity index is 719. The smallest absolute Gasteiger partial charge is 0.303 e. The van der Waals surface area contributed by atoms with E-state index in [1.807, 2.05) is 0 Å². The van der Waals surface area contributed by atoms with Gasteiger partial charge in [0.25, 0.3) is 0 Å². The van der Waals surface area contributed by atoms with Crippen molar-refractivity contribution in [2.45, 2.75) is 82.4 Å². The van der Waals surface area contributed by atoms with Crippen LogP contribution in [0.2, 0.25) is 0 Å². The predicted octanol–water partition coefficient (Wildman–Crippen LogP) is -3.70. The third-order valence-electron chi connectivity index (χ3n) is 4.83. The molecule has 3 amide bonds. The number of amides is 3. The molecule has 1 saturated heterocycles. The van der Waals surface area contributed by atoms with E-state index < -0.39 is 79.1 Å². The van der Waals surface area contributed by atoms with E-state index in [-0.39, 0.29) is 12.8 Å². The number of carboxylic acid groups (broad SMARTS) is 1. The van der Waals surface area contributed by atoms with Crippen molar-refractivity contribution in [3.8, 4) is 0 Å². The number of aliphatic carboxylic acids is 1. The second kappa shape index (κ2) is 13.2. The zero-order chi connectivity index (χ0) is 25.3. The van der Waals surface area contributed by atoms with Gasteiger partial charge in [-0.25, -0.2) is 0 Å². The number of carbonyl (C=O) groups is 4. The van der Waals surface area contributed by atoms with Crippen molar-refractivity contribution in [3.05, 3.63) is 0 Å². The number of carboxylic acids is 1. The highest BCUT2D eigenvalue weighted by Crippen LogP contribution is 2.23. The average molecular weight is 476 g/mol. The number of hydrogen-bond acceptors (Lipinski definition) is 10. The molecule has 0 aromatic heterocycles. The van der Waals surface area contributed by atoms with Crippen molar-refractivity contribution in [1.29, 1.82) is 0 Å². The molecule has 187 valence electrons. The summed E-state index contributed by atoms with van der Waals surface area (Å²) in [7, 11) is 0. The Kier molecular flexibility index (Phi) is 11.3. The Morgan fingerprint density at radius 2 is 1.76 bits per heavy atom. The minimum Gasteiger partial charge on any atom is -0.481 e. The number of aliphatic hydroxyl groups excluding tert-OH is 3. The van der Waals surface area contributed by atoms with Gasteiger partial charge in [-0.2, -0.15) is 0 Å². The van der Waals surface area contributed by atoms with E-state index in [9.17, 15) is 39.3 Å². The lowest BCUT2D eigenvalue weighted by Gasteiger charge is -2.43. The Morgan fingerprint density at radius 3 is 2.27 bits per heavy atom. The molecule has 1 rings (SSSR count). The van der Waals surface area contributed by atoms with E-state index in [0.717, 1.165) is 6.92 Å². The molecule has 14 heteroatoms. The zero-order valence-electron chi connectivity index (χ0n) is 18.4. The van der Waals surface area contributed by atoms with Gasteiger partial charge < -0.3 is 45.9 Å². The molecule has 8 atom stereocenters. The fourth-order valence-electron chi connectivity index (χ4n) is 3.05. The molecular formula is C19H30N3O11. The van der Waals surface area contributed by atoms with Gasteiger partial charge in [0, 0.05) is 13.3 Å². The summed E-state index contributed by atoms with van der Waals surface area (Å²) >= 11 is 0. The monoisotopic (exact) mass is 476 g/mol. The zero-order valence-corrected chi connectivity index (χ0v) is 18.4. The largest absolute Gasteiger partial charge is 0.481 e. The van der Waals surface area contributed by atoms with E-state index in [4.69, 9.17) is 14.6 Å². The van der Waals surface area contributed by atoms with E-state index in [0.29, 0.717) is 0 Å². The van der Waals surface area contributed by atoms with Gasteiger partial charge in [-0.05, 0) is 20.3 Å². The van der Waals surface area contributed by atoms with Crippen LogP contribution in [0.3, 0.4) is 0 Å². The molecule has 1 aliphatic rings. The van der Waals surface area contributed by atoms with Gasteiger partial charge >= 0.3 is 5.97 Å². The predicted molar refractivity (Wildman–Crippen MR) is 108 cm³/mol. The average Bonchev–Trinajstić information content (AvgIpc) is 2.74. The van der Waals surface area contributed by atoms with Crippen LogP contribution < -0.4 is 16.0 Å². The maximum absolute atomic E-state index is 12.5. The third-order valence-corrected chi connectivity index (χ3v) is 4.83. The van der Waals surface area contributed by atoms with E-state index >= 15 is 0 Å². The minimum atomic E-state index is -1.64. The van der Waals surface area contributed by atoms with Crippen molar-refractivity contribution in [2.24, 2.45) is 0 Å². The molecule has 1 fully saturated rings. The minimum absolute atomic E-state index is 0.175. The molecule has 33 heavy (non-hydrogen) atoms. The maximum atomic E-state index is 12.5. The molecule has 0 spiro atoms. The molecule has 1 radical (unpaired) electrons. The summed E-state index contributed by atoms with van der Waals surface area (Å²) in [4.78, 5) is 57.6. The summed E-state index contributed by atoms with van der Waals surface area (Å²) in [6.45, 7) is 3.10. The summed E-state index contributed by atoms with van der Waals surface area (Å²) in [5, 5.41) is 45.4. The van der Waals surface area contributed by atoms with Gasteiger partial charge in [0.05, 0.1) is 12.6 Å². The van der Waals surface area contributed by atoms with Crippen molar-refractivity contribution in [1.82, 2.24) is 16.0 Å². The van der Waals surface area contributed by atoms with Gasteiger partial charge in [0.2, 0.25) is 24.0 Å².